The Balaban J connectivity index is 3.00. The van der Waals surface area contributed by atoms with Crippen molar-refractivity contribution < 1.29 is 9.53 Å². The van der Waals surface area contributed by atoms with E-state index in [1.54, 1.807) is 0 Å². The molecule has 0 saturated carbocycles. The van der Waals surface area contributed by atoms with Crippen LogP contribution in [0.3, 0.4) is 0 Å². The van der Waals surface area contributed by atoms with Crippen molar-refractivity contribution in [1.82, 2.24) is 0 Å². The summed E-state index contributed by atoms with van der Waals surface area (Å²) in [6, 6.07) is 0. The topological polar surface area (TPSA) is 26.3 Å². The van der Waals surface area contributed by atoms with Gasteiger partial charge in [0.05, 0.1) is 0 Å². The van der Waals surface area contributed by atoms with Gasteiger partial charge in [-0.05, 0) is 0 Å². The van der Waals surface area contributed by atoms with Crippen LogP contribution in [0.1, 0.15) is 106 Å². The third-order valence-electron chi connectivity index (χ3n) is 6.91. The first-order chi connectivity index (χ1) is 15.5. The van der Waals surface area contributed by atoms with Crippen LogP contribution in [0.15, 0.2) is 12.2 Å². The number of unbranched alkanes of at least 4 members (excludes halogenated alkanes) is 3. The van der Waals surface area contributed by atoms with Gasteiger partial charge in [-0.15, -0.1) is 0 Å². The fraction of sp³-hybridized carbons (Fsp3) is 0.893. The first-order valence-corrected chi connectivity index (χ1v) is 23.7. The molecule has 0 spiro atoms. The summed E-state index contributed by atoms with van der Waals surface area (Å²) in [4.78, 5) is 12.9. The van der Waals surface area contributed by atoms with Gasteiger partial charge in [0.15, 0.2) is 0 Å². The minimum atomic E-state index is -2.29. The molecule has 0 amide bonds. The quantitative estimate of drug-likeness (QED) is 0.0994. The summed E-state index contributed by atoms with van der Waals surface area (Å²) in [5.74, 6) is 2.37. The number of thioether (sulfide) groups is 2. The Labute approximate surface area is 219 Å². The average molecular weight is 606 g/mol. The van der Waals surface area contributed by atoms with Crippen LogP contribution in [0, 0.1) is 5.41 Å². The monoisotopic (exact) mass is 606 g/mol. The van der Waals surface area contributed by atoms with Gasteiger partial charge in [0, 0.05) is 0 Å². The molecule has 0 unspecified atom stereocenters. The van der Waals surface area contributed by atoms with Gasteiger partial charge in [0.2, 0.25) is 0 Å². The summed E-state index contributed by atoms with van der Waals surface area (Å²) in [5, 5.41) is 0. The second-order valence-corrected chi connectivity index (χ2v) is 28.9. The first kappa shape index (κ1) is 31.7. The van der Waals surface area contributed by atoms with E-state index in [1.165, 1.54) is 79.8 Å². The van der Waals surface area contributed by atoms with Crippen molar-refractivity contribution in [1.29, 1.82) is 0 Å². The number of rotatable bonds is 16. The Morgan fingerprint density at radius 2 is 1.48 bits per heavy atom. The SMILES string of the molecule is C=C(C[C@H](CC1(C)SCCCS1)OC(=O)C(C)(C)C)[CH2][Sn]([CH2]CCC)([CH2]CCC)[CH2]CCC. The Bertz CT molecular complexity index is 557. The van der Waals surface area contributed by atoms with Gasteiger partial charge < -0.3 is 0 Å². The second kappa shape index (κ2) is 15.7. The summed E-state index contributed by atoms with van der Waals surface area (Å²) in [5.41, 5.74) is 0.926. The van der Waals surface area contributed by atoms with Gasteiger partial charge >= 0.3 is 221 Å². The molecule has 0 bridgehead atoms. The molecule has 1 aliphatic heterocycles. The second-order valence-electron chi connectivity index (χ2n) is 11.6. The fourth-order valence-electron chi connectivity index (χ4n) is 4.91. The molecule has 1 fully saturated rings. The molecule has 0 aromatic heterocycles. The van der Waals surface area contributed by atoms with E-state index >= 15 is 0 Å². The van der Waals surface area contributed by atoms with Gasteiger partial charge in [0.25, 0.3) is 0 Å². The van der Waals surface area contributed by atoms with Crippen LogP contribution >= 0.6 is 23.5 Å². The van der Waals surface area contributed by atoms with E-state index in [2.05, 4.69) is 57.8 Å². The molecule has 0 radical (unpaired) electrons. The van der Waals surface area contributed by atoms with Crippen molar-refractivity contribution in [2.75, 3.05) is 11.5 Å². The molecule has 1 rings (SSSR count). The zero-order chi connectivity index (χ0) is 25.0. The number of carbonyl (C=O) groups is 1. The maximum atomic E-state index is 12.9. The van der Waals surface area contributed by atoms with Gasteiger partial charge in [-0.25, -0.2) is 0 Å². The Hall–Kier alpha value is 0.709. The zero-order valence-corrected chi connectivity index (χ0v) is 27.5. The van der Waals surface area contributed by atoms with E-state index in [1.807, 2.05) is 20.8 Å². The van der Waals surface area contributed by atoms with Gasteiger partial charge in [-0.2, -0.15) is 0 Å². The molecule has 0 aliphatic carbocycles. The van der Waals surface area contributed by atoms with Crippen molar-refractivity contribution in [3.63, 3.8) is 0 Å². The standard InChI is InChI=1S/C16H27O2S2.3C4H9.Sn/c1-12(2)10-13(18-14(17)15(3,4)5)11-16(6)19-8-7-9-20-16;3*1-3-4-2;/h13H,1-2,7-11H2,3-6H3;3*1,3-4H2,2H3;/t13-;;;;/m1..../s1. The molecule has 1 saturated heterocycles. The van der Waals surface area contributed by atoms with E-state index in [4.69, 9.17) is 4.74 Å². The van der Waals surface area contributed by atoms with E-state index in [9.17, 15) is 4.79 Å². The molecule has 1 atom stereocenters. The van der Waals surface area contributed by atoms with Crippen LogP contribution < -0.4 is 0 Å². The first-order valence-electron chi connectivity index (χ1n) is 13.6. The van der Waals surface area contributed by atoms with Crippen LogP contribution in [-0.2, 0) is 9.53 Å². The Morgan fingerprint density at radius 3 is 1.91 bits per heavy atom. The third kappa shape index (κ3) is 12.5. The van der Waals surface area contributed by atoms with Crippen LogP contribution in [0.2, 0.25) is 17.7 Å². The number of hydrogen-bond donors (Lipinski definition) is 0. The molecule has 33 heavy (non-hydrogen) atoms. The number of carbonyl (C=O) groups excluding carboxylic acids is 1. The molecule has 0 N–H and O–H groups in total. The molecular formula is C28H54O2S2Sn. The predicted molar refractivity (Wildman–Crippen MR) is 155 cm³/mol. The van der Waals surface area contributed by atoms with E-state index < -0.39 is 23.8 Å². The molecule has 1 aliphatic rings. The van der Waals surface area contributed by atoms with Crippen molar-refractivity contribution in [2.24, 2.45) is 5.41 Å². The maximum absolute atomic E-state index is 12.9. The number of esters is 1. The number of ether oxygens (including phenoxy) is 1. The van der Waals surface area contributed by atoms with Crippen LogP contribution in [-0.4, -0.2) is 46.0 Å². The minimum absolute atomic E-state index is 0.0418. The molecule has 0 aromatic carbocycles. The van der Waals surface area contributed by atoms with E-state index in [0.29, 0.717) is 0 Å². The van der Waals surface area contributed by atoms with Crippen molar-refractivity contribution in [3.05, 3.63) is 12.2 Å². The summed E-state index contributed by atoms with van der Waals surface area (Å²) in [6.07, 6.45) is 11.1. The van der Waals surface area contributed by atoms with E-state index in [-0.39, 0.29) is 16.2 Å². The number of hydrogen-bond acceptors (Lipinski definition) is 4. The normalized spacial score (nSPS) is 17.5. The molecular weight excluding hydrogens is 551 g/mol. The summed E-state index contributed by atoms with van der Waals surface area (Å²) in [7, 11) is 0. The van der Waals surface area contributed by atoms with Gasteiger partial charge in [0.1, 0.15) is 0 Å². The molecule has 1 heterocycles. The van der Waals surface area contributed by atoms with Crippen LogP contribution in [0.4, 0.5) is 0 Å². The summed E-state index contributed by atoms with van der Waals surface area (Å²) in [6.45, 7) is 19.9. The predicted octanol–water partition coefficient (Wildman–Crippen LogP) is 9.72. The van der Waals surface area contributed by atoms with Crippen LogP contribution in [0.25, 0.3) is 0 Å². The van der Waals surface area contributed by atoms with E-state index in [0.717, 1.165) is 12.8 Å². The fourth-order valence-corrected chi connectivity index (χ4v) is 24.5. The summed E-state index contributed by atoms with van der Waals surface area (Å²) >= 11 is 1.83. The van der Waals surface area contributed by atoms with Crippen molar-refractivity contribution in [3.8, 4) is 0 Å². The average Bonchev–Trinajstić information content (AvgIpc) is 2.74. The Morgan fingerprint density at radius 1 is 1.00 bits per heavy atom. The molecule has 0 aromatic rings. The Kier molecular flexibility index (Phi) is 15.1. The van der Waals surface area contributed by atoms with Crippen molar-refractivity contribution >= 4 is 47.9 Å². The van der Waals surface area contributed by atoms with Crippen molar-refractivity contribution in [2.45, 2.75) is 134 Å². The molecule has 2 nitrogen and oxygen atoms in total. The third-order valence-corrected chi connectivity index (χ3v) is 25.8. The molecule has 5 heteroatoms. The van der Waals surface area contributed by atoms with Gasteiger partial charge in [-0.1, -0.05) is 0 Å². The zero-order valence-electron chi connectivity index (χ0n) is 23.0. The molecule has 194 valence electrons. The van der Waals surface area contributed by atoms with Gasteiger partial charge in [-0.3, -0.25) is 0 Å². The van der Waals surface area contributed by atoms with Crippen LogP contribution in [0.5, 0.6) is 0 Å². The summed E-state index contributed by atoms with van der Waals surface area (Å²) < 4.78 is 12.2.